The lowest BCUT2D eigenvalue weighted by molar-refractivity contribution is 0.131. The van der Waals surface area contributed by atoms with E-state index < -0.39 is 0 Å². The van der Waals surface area contributed by atoms with E-state index in [9.17, 15) is 5.11 Å². The van der Waals surface area contributed by atoms with Gasteiger partial charge in [-0.25, -0.2) is 0 Å². The summed E-state index contributed by atoms with van der Waals surface area (Å²) in [5, 5.41) is 10.1. The molecule has 0 aliphatic carbocycles. The van der Waals surface area contributed by atoms with E-state index in [4.69, 9.17) is 11.6 Å². The lowest BCUT2D eigenvalue weighted by Gasteiger charge is -2.32. The summed E-state index contributed by atoms with van der Waals surface area (Å²) in [6, 6.07) is 0. The van der Waals surface area contributed by atoms with Crippen molar-refractivity contribution < 1.29 is 5.11 Å². The number of nitrogens with zero attached hydrogens (tertiary/aromatic N) is 1. The van der Waals surface area contributed by atoms with Gasteiger partial charge in [0, 0.05) is 36.5 Å². The summed E-state index contributed by atoms with van der Waals surface area (Å²) in [5.41, 5.74) is 0. The van der Waals surface area contributed by atoms with Gasteiger partial charge in [0.25, 0.3) is 0 Å². The van der Waals surface area contributed by atoms with Crippen LogP contribution < -0.4 is 0 Å². The average Bonchev–Trinajstić information content (AvgIpc) is 2.18. The van der Waals surface area contributed by atoms with Crippen molar-refractivity contribution in [2.45, 2.75) is 24.7 Å². The van der Waals surface area contributed by atoms with Crippen LogP contribution in [0.25, 0.3) is 0 Å². The molecule has 0 radical (unpaired) electrons. The topological polar surface area (TPSA) is 23.5 Å². The second-order valence-electron chi connectivity index (χ2n) is 3.47. The predicted molar refractivity (Wildman–Crippen MR) is 59.7 cm³/mol. The Hall–Kier alpha value is 0.560. The van der Waals surface area contributed by atoms with Crippen molar-refractivity contribution >= 4 is 23.4 Å². The fraction of sp³-hybridized carbons (Fsp3) is 1.00. The molecule has 1 aliphatic heterocycles. The third kappa shape index (κ3) is 4.07. The SMILES string of the molecule is CCC1CN(CC(O)CCl)CCS1. The molecule has 0 aromatic carbocycles. The molecule has 1 N–H and O–H groups in total. The summed E-state index contributed by atoms with van der Waals surface area (Å²) >= 11 is 7.60. The van der Waals surface area contributed by atoms with Crippen molar-refractivity contribution in [3.63, 3.8) is 0 Å². The molecular weight excluding hydrogens is 206 g/mol. The van der Waals surface area contributed by atoms with Crippen LogP contribution in [0, 0.1) is 0 Å². The van der Waals surface area contributed by atoms with E-state index in [2.05, 4.69) is 11.8 Å². The Balaban J connectivity index is 2.25. The molecule has 1 heterocycles. The molecule has 1 saturated heterocycles. The molecular formula is C9H18ClNOS. The number of thioether (sulfide) groups is 1. The maximum atomic E-state index is 9.39. The Kier molecular flexibility index (Phi) is 5.48. The number of alkyl halides is 1. The summed E-state index contributed by atoms with van der Waals surface area (Å²) in [6.45, 7) is 5.16. The lowest BCUT2D eigenvalue weighted by atomic mass is 10.2. The van der Waals surface area contributed by atoms with Crippen LogP contribution in [-0.4, -0.2) is 52.6 Å². The van der Waals surface area contributed by atoms with E-state index in [0.29, 0.717) is 5.88 Å². The first-order chi connectivity index (χ1) is 6.26. The molecule has 0 bridgehead atoms. The number of β-amino-alcohol motifs (C(OH)–C–C–N with tert-alkyl or cyclic N) is 1. The molecule has 2 atom stereocenters. The molecule has 0 amide bonds. The van der Waals surface area contributed by atoms with Crippen LogP contribution in [0.3, 0.4) is 0 Å². The van der Waals surface area contributed by atoms with Gasteiger partial charge in [-0.05, 0) is 6.42 Å². The van der Waals surface area contributed by atoms with Gasteiger partial charge in [-0.1, -0.05) is 6.92 Å². The minimum absolute atomic E-state index is 0.348. The average molecular weight is 224 g/mol. The molecule has 13 heavy (non-hydrogen) atoms. The highest BCUT2D eigenvalue weighted by atomic mass is 35.5. The zero-order valence-corrected chi connectivity index (χ0v) is 9.65. The summed E-state index contributed by atoms with van der Waals surface area (Å²) < 4.78 is 0. The highest BCUT2D eigenvalue weighted by Gasteiger charge is 2.20. The van der Waals surface area contributed by atoms with E-state index >= 15 is 0 Å². The molecule has 2 nitrogen and oxygen atoms in total. The Morgan fingerprint density at radius 1 is 1.69 bits per heavy atom. The van der Waals surface area contributed by atoms with Crippen molar-refractivity contribution in [1.29, 1.82) is 0 Å². The summed E-state index contributed by atoms with van der Waals surface area (Å²) in [6.07, 6.45) is 0.861. The van der Waals surface area contributed by atoms with Gasteiger partial charge < -0.3 is 5.11 Å². The van der Waals surface area contributed by atoms with Crippen LogP contribution >= 0.6 is 23.4 Å². The minimum atomic E-state index is -0.359. The fourth-order valence-electron chi connectivity index (χ4n) is 1.54. The zero-order chi connectivity index (χ0) is 9.68. The van der Waals surface area contributed by atoms with Crippen LogP contribution in [0.15, 0.2) is 0 Å². The van der Waals surface area contributed by atoms with Gasteiger partial charge in [0.05, 0.1) is 6.10 Å². The second kappa shape index (κ2) is 6.12. The van der Waals surface area contributed by atoms with E-state index in [1.54, 1.807) is 0 Å². The van der Waals surface area contributed by atoms with E-state index in [0.717, 1.165) is 24.9 Å². The molecule has 1 fully saturated rings. The molecule has 0 aromatic rings. The number of aliphatic hydroxyl groups excluding tert-OH is 1. The Labute approximate surface area is 89.6 Å². The van der Waals surface area contributed by atoms with Gasteiger partial charge in [-0.2, -0.15) is 11.8 Å². The first-order valence-corrected chi connectivity index (χ1v) is 6.42. The summed E-state index contributed by atoms with van der Waals surface area (Å²) in [5.74, 6) is 1.54. The molecule has 1 rings (SSSR count). The minimum Gasteiger partial charge on any atom is -0.391 e. The van der Waals surface area contributed by atoms with Crippen LogP contribution in [0.5, 0.6) is 0 Å². The molecule has 4 heteroatoms. The number of rotatable bonds is 4. The second-order valence-corrected chi connectivity index (χ2v) is 5.19. The molecule has 0 aromatic heterocycles. The van der Waals surface area contributed by atoms with Gasteiger partial charge in [0.15, 0.2) is 0 Å². The van der Waals surface area contributed by atoms with Crippen molar-refractivity contribution in [1.82, 2.24) is 4.90 Å². The van der Waals surface area contributed by atoms with Crippen LogP contribution in [0.1, 0.15) is 13.3 Å². The number of halogens is 1. The number of hydrogen-bond donors (Lipinski definition) is 1. The Morgan fingerprint density at radius 3 is 3.08 bits per heavy atom. The van der Waals surface area contributed by atoms with E-state index in [-0.39, 0.29) is 6.10 Å². The Bertz CT molecular complexity index is 146. The fourth-order valence-corrected chi connectivity index (χ4v) is 2.89. The number of aliphatic hydroxyl groups is 1. The third-order valence-electron chi connectivity index (χ3n) is 2.33. The predicted octanol–water partition coefficient (Wildman–Crippen LogP) is 1.41. The molecule has 0 saturated carbocycles. The van der Waals surface area contributed by atoms with Gasteiger partial charge in [0.1, 0.15) is 0 Å². The molecule has 0 spiro atoms. The van der Waals surface area contributed by atoms with Crippen LogP contribution in [0.2, 0.25) is 0 Å². The maximum Gasteiger partial charge on any atom is 0.0802 e. The standard InChI is InChI=1S/C9H18ClNOS/c1-2-9-7-11(3-4-13-9)6-8(12)5-10/h8-9,12H,2-7H2,1H3. The van der Waals surface area contributed by atoms with Crippen molar-refractivity contribution in [2.75, 3.05) is 31.3 Å². The lowest BCUT2D eigenvalue weighted by Crippen LogP contribution is -2.42. The molecule has 78 valence electrons. The van der Waals surface area contributed by atoms with Crippen molar-refractivity contribution in [2.24, 2.45) is 0 Å². The molecule has 1 aliphatic rings. The van der Waals surface area contributed by atoms with Gasteiger partial charge in [-0.3, -0.25) is 4.90 Å². The third-order valence-corrected chi connectivity index (χ3v) is 4.05. The normalized spacial score (nSPS) is 27.5. The maximum absolute atomic E-state index is 9.39. The Morgan fingerprint density at radius 2 is 2.46 bits per heavy atom. The van der Waals surface area contributed by atoms with Gasteiger partial charge in [0.2, 0.25) is 0 Å². The highest BCUT2D eigenvalue weighted by molar-refractivity contribution is 8.00. The van der Waals surface area contributed by atoms with E-state index in [1.807, 2.05) is 11.8 Å². The van der Waals surface area contributed by atoms with Gasteiger partial charge >= 0.3 is 0 Å². The monoisotopic (exact) mass is 223 g/mol. The quantitative estimate of drug-likeness (QED) is 0.730. The zero-order valence-electron chi connectivity index (χ0n) is 8.08. The van der Waals surface area contributed by atoms with Gasteiger partial charge in [-0.15, -0.1) is 11.6 Å². The van der Waals surface area contributed by atoms with Crippen molar-refractivity contribution in [3.8, 4) is 0 Å². The highest BCUT2D eigenvalue weighted by Crippen LogP contribution is 2.20. The first kappa shape index (κ1) is 11.6. The largest absolute Gasteiger partial charge is 0.391 e. The van der Waals surface area contributed by atoms with E-state index in [1.165, 1.54) is 12.2 Å². The first-order valence-electron chi connectivity index (χ1n) is 4.84. The van der Waals surface area contributed by atoms with Crippen molar-refractivity contribution in [3.05, 3.63) is 0 Å². The summed E-state index contributed by atoms with van der Waals surface area (Å²) in [7, 11) is 0. The summed E-state index contributed by atoms with van der Waals surface area (Å²) in [4.78, 5) is 2.32. The smallest absolute Gasteiger partial charge is 0.0802 e. The van der Waals surface area contributed by atoms with Crippen LogP contribution in [0.4, 0.5) is 0 Å². The van der Waals surface area contributed by atoms with Crippen LogP contribution in [-0.2, 0) is 0 Å². The number of hydrogen-bond acceptors (Lipinski definition) is 3. The molecule has 2 unspecified atom stereocenters.